The molecule has 0 radical (unpaired) electrons. The van der Waals surface area contributed by atoms with Gasteiger partial charge in [0.25, 0.3) is 0 Å². The van der Waals surface area contributed by atoms with Crippen molar-refractivity contribution in [2.75, 3.05) is 0 Å². The summed E-state index contributed by atoms with van der Waals surface area (Å²) in [6.45, 7) is 3.59. The highest BCUT2D eigenvalue weighted by Gasteiger charge is 2.15. The summed E-state index contributed by atoms with van der Waals surface area (Å²) in [6, 6.07) is 5.45. The summed E-state index contributed by atoms with van der Waals surface area (Å²) in [7, 11) is 0. The molecule has 0 bridgehead atoms. The predicted octanol–water partition coefficient (Wildman–Crippen LogP) is 2.84. The number of nitrogens with zero attached hydrogens (tertiary/aromatic N) is 2. The average molecular weight is 251 g/mol. The van der Waals surface area contributed by atoms with Gasteiger partial charge in [-0.25, -0.2) is 9.48 Å². The third-order valence-electron chi connectivity index (χ3n) is 2.71. The minimum atomic E-state index is -0.978. The maximum absolute atomic E-state index is 10.9. The van der Waals surface area contributed by atoms with E-state index in [1.54, 1.807) is 17.7 Å². The molecule has 1 aromatic heterocycles. The van der Waals surface area contributed by atoms with E-state index >= 15 is 0 Å². The Bertz CT molecular complexity index is 590. The van der Waals surface area contributed by atoms with Crippen LogP contribution in [0.25, 0.3) is 5.69 Å². The molecule has 4 nitrogen and oxygen atoms in total. The zero-order valence-electron chi connectivity index (χ0n) is 9.44. The number of aromatic nitrogens is 2. The molecule has 1 N–H and O–H groups in total. The number of hydrogen-bond acceptors (Lipinski definition) is 2. The lowest BCUT2D eigenvalue weighted by Gasteiger charge is -2.09. The van der Waals surface area contributed by atoms with E-state index in [4.69, 9.17) is 16.7 Å². The number of hydrogen-bond donors (Lipinski definition) is 1. The highest BCUT2D eigenvalue weighted by atomic mass is 35.5. The first-order chi connectivity index (χ1) is 8.02. The van der Waals surface area contributed by atoms with E-state index in [9.17, 15) is 4.79 Å². The predicted molar refractivity (Wildman–Crippen MR) is 65.0 cm³/mol. The largest absolute Gasteiger partial charge is 0.478 e. The van der Waals surface area contributed by atoms with E-state index < -0.39 is 5.97 Å². The van der Waals surface area contributed by atoms with Gasteiger partial charge in [-0.3, -0.25) is 0 Å². The van der Waals surface area contributed by atoms with Gasteiger partial charge in [0, 0.05) is 5.02 Å². The highest BCUT2D eigenvalue weighted by molar-refractivity contribution is 6.31. The lowest BCUT2D eigenvalue weighted by molar-refractivity contribution is 0.0696. The molecule has 0 saturated carbocycles. The first kappa shape index (κ1) is 11.7. The van der Waals surface area contributed by atoms with Gasteiger partial charge in [-0.2, -0.15) is 5.10 Å². The van der Waals surface area contributed by atoms with Gasteiger partial charge in [-0.1, -0.05) is 17.7 Å². The Labute approximate surface area is 103 Å². The van der Waals surface area contributed by atoms with Crippen LogP contribution in [0.15, 0.2) is 24.4 Å². The molecule has 0 aliphatic heterocycles. The molecule has 5 heteroatoms. The molecule has 1 aromatic carbocycles. The fraction of sp³-hybridized carbons (Fsp3) is 0.167. The van der Waals surface area contributed by atoms with Crippen LogP contribution in [0.3, 0.4) is 0 Å². The molecule has 1 heterocycles. The van der Waals surface area contributed by atoms with Gasteiger partial charge in [-0.05, 0) is 31.5 Å². The first-order valence-corrected chi connectivity index (χ1v) is 5.43. The van der Waals surface area contributed by atoms with Crippen LogP contribution in [-0.2, 0) is 0 Å². The number of benzene rings is 1. The lowest BCUT2D eigenvalue weighted by atomic mass is 10.2. The van der Waals surface area contributed by atoms with Crippen LogP contribution in [0.2, 0.25) is 5.02 Å². The molecule has 0 unspecified atom stereocenters. The van der Waals surface area contributed by atoms with E-state index in [0.29, 0.717) is 10.7 Å². The van der Waals surface area contributed by atoms with E-state index in [2.05, 4.69) is 5.10 Å². The summed E-state index contributed by atoms with van der Waals surface area (Å²) in [6.07, 6.45) is 1.35. The minimum Gasteiger partial charge on any atom is -0.478 e. The summed E-state index contributed by atoms with van der Waals surface area (Å²) in [5.74, 6) is -0.978. The average Bonchev–Trinajstić information content (AvgIpc) is 2.64. The Balaban J connectivity index is 2.62. The summed E-state index contributed by atoms with van der Waals surface area (Å²) >= 11 is 6.03. The van der Waals surface area contributed by atoms with Crippen molar-refractivity contribution in [3.05, 3.63) is 46.2 Å². The Morgan fingerprint density at radius 1 is 1.41 bits per heavy atom. The topological polar surface area (TPSA) is 55.1 Å². The van der Waals surface area contributed by atoms with E-state index in [0.717, 1.165) is 11.3 Å². The summed E-state index contributed by atoms with van der Waals surface area (Å²) in [5, 5.41) is 13.7. The third kappa shape index (κ3) is 1.91. The van der Waals surface area contributed by atoms with Crippen LogP contribution in [0.1, 0.15) is 21.6 Å². The number of rotatable bonds is 2. The summed E-state index contributed by atoms with van der Waals surface area (Å²) in [5.41, 5.74) is 2.45. The Hall–Kier alpha value is -1.81. The van der Waals surface area contributed by atoms with Crippen molar-refractivity contribution >= 4 is 17.6 Å². The minimum absolute atomic E-state index is 0.198. The highest BCUT2D eigenvalue weighted by Crippen LogP contribution is 2.23. The molecule has 17 heavy (non-hydrogen) atoms. The second-order valence-electron chi connectivity index (χ2n) is 3.74. The van der Waals surface area contributed by atoms with Crippen LogP contribution in [-0.4, -0.2) is 20.9 Å². The molecule has 0 amide bonds. The van der Waals surface area contributed by atoms with E-state index in [1.165, 1.54) is 6.20 Å². The maximum Gasteiger partial charge on any atom is 0.339 e. The van der Waals surface area contributed by atoms with Gasteiger partial charge >= 0.3 is 5.97 Å². The molecule has 2 aromatic rings. The van der Waals surface area contributed by atoms with Crippen LogP contribution >= 0.6 is 11.6 Å². The van der Waals surface area contributed by atoms with Crippen LogP contribution in [0.4, 0.5) is 0 Å². The number of carboxylic acid groups (broad SMARTS) is 1. The van der Waals surface area contributed by atoms with Crippen molar-refractivity contribution in [2.45, 2.75) is 13.8 Å². The normalized spacial score (nSPS) is 10.5. The second kappa shape index (κ2) is 4.22. The molecule has 0 aliphatic carbocycles. The summed E-state index contributed by atoms with van der Waals surface area (Å²) < 4.78 is 1.59. The Kier molecular flexibility index (Phi) is 2.90. The molecule has 0 aliphatic rings. The number of aromatic carboxylic acids is 1. The van der Waals surface area contributed by atoms with Gasteiger partial charge in [0.05, 0.1) is 17.6 Å². The molecule has 0 saturated heterocycles. The number of halogens is 1. The number of carbonyl (C=O) groups is 1. The third-order valence-corrected chi connectivity index (χ3v) is 3.12. The van der Waals surface area contributed by atoms with Gasteiger partial charge in [-0.15, -0.1) is 0 Å². The van der Waals surface area contributed by atoms with Crippen LogP contribution in [0, 0.1) is 13.8 Å². The van der Waals surface area contributed by atoms with Crippen molar-refractivity contribution in [3.8, 4) is 5.69 Å². The lowest BCUT2D eigenvalue weighted by Crippen LogP contribution is -2.04. The SMILES string of the molecule is Cc1c(Cl)cccc1-n1ncc(C(=O)O)c1C. The Morgan fingerprint density at radius 2 is 2.12 bits per heavy atom. The molecule has 0 fully saturated rings. The molecular formula is C12H11ClN2O2. The number of carboxylic acids is 1. The van der Waals surface area contributed by atoms with Crippen molar-refractivity contribution in [3.63, 3.8) is 0 Å². The molecule has 2 rings (SSSR count). The van der Waals surface area contributed by atoms with Crippen molar-refractivity contribution in [2.24, 2.45) is 0 Å². The smallest absolute Gasteiger partial charge is 0.339 e. The molecule has 88 valence electrons. The molecular weight excluding hydrogens is 240 g/mol. The quantitative estimate of drug-likeness (QED) is 0.892. The van der Waals surface area contributed by atoms with Gasteiger partial charge in [0.15, 0.2) is 0 Å². The summed E-state index contributed by atoms with van der Waals surface area (Å²) in [4.78, 5) is 10.9. The van der Waals surface area contributed by atoms with Gasteiger partial charge < -0.3 is 5.11 Å². The van der Waals surface area contributed by atoms with Gasteiger partial charge in [0.2, 0.25) is 0 Å². The zero-order valence-corrected chi connectivity index (χ0v) is 10.2. The maximum atomic E-state index is 10.9. The van der Waals surface area contributed by atoms with Crippen molar-refractivity contribution in [1.82, 2.24) is 9.78 Å². The Morgan fingerprint density at radius 3 is 2.71 bits per heavy atom. The fourth-order valence-electron chi connectivity index (χ4n) is 1.69. The van der Waals surface area contributed by atoms with E-state index in [1.807, 2.05) is 19.1 Å². The molecule has 0 spiro atoms. The fourth-order valence-corrected chi connectivity index (χ4v) is 1.86. The van der Waals surface area contributed by atoms with E-state index in [-0.39, 0.29) is 5.56 Å². The standard InChI is InChI=1S/C12H11ClN2O2/c1-7-10(13)4-3-5-11(7)15-8(2)9(6-14-15)12(16)17/h3-6H,1-2H3,(H,16,17). The zero-order chi connectivity index (χ0) is 12.6. The van der Waals surface area contributed by atoms with Crippen LogP contribution in [0.5, 0.6) is 0 Å². The van der Waals surface area contributed by atoms with Crippen LogP contribution < -0.4 is 0 Å². The second-order valence-corrected chi connectivity index (χ2v) is 4.15. The monoisotopic (exact) mass is 250 g/mol. The molecule has 0 atom stereocenters. The van der Waals surface area contributed by atoms with Gasteiger partial charge in [0.1, 0.15) is 5.56 Å². The van der Waals surface area contributed by atoms with Crippen molar-refractivity contribution < 1.29 is 9.90 Å². The van der Waals surface area contributed by atoms with Crippen molar-refractivity contribution in [1.29, 1.82) is 0 Å². The first-order valence-electron chi connectivity index (χ1n) is 5.05.